The predicted molar refractivity (Wildman–Crippen MR) is 93.7 cm³/mol. The minimum atomic E-state index is -4.59. The van der Waals surface area contributed by atoms with E-state index in [1.807, 2.05) is 0 Å². The van der Waals surface area contributed by atoms with Crippen LogP contribution in [-0.2, 0) is 17.5 Å². The van der Waals surface area contributed by atoms with E-state index in [-0.39, 0.29) is 22.5 Å². The van der Waals surface area contributed by atoms with Crippen LogP contribution in [0.5, 0.6) is 5.75 Å². The number of nitrogens with zero attached hydrogens (tertiary/aromatic N) is 2. The van der Waals surface area contributed by atoms with Gasteiger partial charge in [0.2, 0.25) is 5.01 Å². The number of fused-ring (bicyclic) bond motifs is 1. The minimum absolute atomic E-state index is 0.0252. The molecule has 0 aliphatic heterocycles. The Hall–Kier alpha value is -2.07. The molecule has 0 saturated heterocycles. The summed E-state index contributed by atoms with van der Waals surface area (Å²) in [7, 11) is 2.71. The average Bonchev–Trinajstić information content (AvgIpc) is 3.14. The van der Waals surface area contributed by atoms with Crippen LogP contribution in [0.2, 0.25) is 0 Å². The van der Waals surface area contributed by atoms with Gasteiger partial charge in [0.05, 0.1) is 14.2 Å². The molecule has 2 heterocycles. The van der Waals surface area contributed by atoms with E-state index in [2.05, 4.69) is 20.9 Å². The van der Waals surface area contributed by atoms with Crippen molar-refractivity contribution in [2.45, 2.75) is 12.7 Å². The molecular formula is C16H12BrF3N2O3S. The van der Waals surface area contributed by atoms with Crippen LogP contribution in [0.1, 0.15) is 20.9 Å². The lowest BCUT2D eigenvalue weighted by atomic mass is 10.2. The quantitative estimate of drug-likeness (QED) is 0.541. The van der Waals surface area contributed by atoms with E-state index in [0.29, 0.717) is 21.7 Å². The number of esters is 1. The number of hydrogen-bond acceptors (Lipinski definition) is 5. The van der Waals surface area contributed by atoms with Crippen LogP contribution in [0, 0.1) is 0 Å². The van der Waals surface area contributed by atoms with E-state index in [9.17, 15) is 18.0 Å². The number of aromatic nitrogens is 2. The predicted octanol–water partition coefficient (Wildman–Crippen LogP) is 4.72. The van der Waals surface area contributed by atoms with Gasteiger partial charge in [-0.2, -0.15) is 13.2 Å². The molecule has 138 valence electrons. The van der Waals surface area contributed by atoms with Gasteiger partial charge < -0.3 is 14.0 Å². The lowest BCUT2D eigenvalue weighted by Crippen LogP contribution is -2.06. The molecule has 5 nitrogen and oxygen atoms in total. The molecule has 2 aromatic heterocycles. The van der Waals surface area contributed by atoms with E-state index in [1.54, 1.807) is 35.9 Å². The molecule has 3 rings (SSSR count). The molecule has 0 amide bonds. The third-order valence-corrected chi connectivity index (χ3v) is 5.61. The largest absolute Gasteiger partial charge is 0.497 e. The Morgan fingerprint density at radius 2 is 1.92 bits per heavy atom. The van der Waals surface area contributed by atoms with Crippen molar-refractivity contribution in [1.29, 1.82) is 0 Å². The highest BCUT2D eigenvalue weighted by molar-refractivity contribution is 9.10. The van der Waals surface area contributed by atoms with E-state index < -0.39 is 17.2 Å². The summed E-state index contributed by atoms with van der Waals surface area (Å²) >= 11 is 3.78. The van der Waals surface area contributed by atoms with Crippen molar-refractivity contribution in [3.05, 3.63) is 45.0 Å². The second kappa shape index (κ2) is 6.92. The Morgan fingerprint density at radius 1 is 1.27 bits per heavy atom. The SMILES string of the molecule is COC(=O)c1c(Br)n(Cc2ccc(OC)cc2)c2sc(C(F)(F)F)nc12. The third-order valence-electron chi connectivity index (χ3n) is 3.67. The first-order valence-electron chi connectivity index (χ1n) is 7.23. The Labute approximate surface area is 158 Å². The number of benzene rings is 1. The maximum absolute atomic E-state index is 13.1. The summed E-state index contributed by atoms with van der Waals surface area (Å²) in [5, 5.41) is -1.01. The molecule has 26 heavy (non-hydrogen) atoms. The van der Waals surface area contributed by atoms with Crippen LogP contribution in [0.3, 0.4) is 0 Å². The summed E-state index contributed by atoms with van der Waals surface area (Å²) in [6, 6.07) is 7.08. The lowest BCUT2D eigenvalue weighted by molar-refractivity contribution is -0.137. The molecule has 0 unspecified atom stereocenters. The van der Waals surface area contributed by atoms with Crippen LogP contribution >= 0.6 is 27.3 Å². The molecule has 1 aromatic carbocycles. The zero-order valence-electron chi connectivity index (χ0n) is 13.6. The number of rotatable bonds is 4. The fourth-order valence-corrected chi connectivity index (χ4v) is 4.15. The molecule has 0 fully saturated rings. The Balaban J connectivity index is 2.14. The molecule has 0 aliphatic carbocycles. The summed E-state index contributed by atoms with van der Waals surface area (Å²) in [6.45, 7) is 0.248. The van der Waals surface area contributed by atoms with Crippen molar-refractivity contribution in [2.75, 3.05) is 14.2 Å². The van der Waals surface area contributed by atoms with Gasteiger partial charge in [-0.1, -0.05) is 23.5 Å². The Bertz CT molecular complexity index is 964. The van der Waals surface area contributed by atoms with Crippen molar-refractivity contribution >= 4 is 43.6 Å². The number of ether oxygens (including phenoxy) is 2. The average molecular weight is 449 g/mol. The van der Waals surface area contributed by atoms with Crippen molar-refractivity contribution in [2.24, 2.45) is 0 Å². The first-order valence-corrected chi connectivity index (χ1v) is 8.84. The van der Waals surface area contributed by atoms with Crippen molar-refractivity contribution in [3.63, 3.8) is 0 Å². The van der Waals surface area contributed by atoms with E-state index in [4.69, 9.17) is 9.47 Å². The fourth-order valence-electron chi connectivity index (χ4n) is 2.44. The smallest absolute Gasteiger partial charge is 0.443 e. The molecule has 0 aliphatic rings. The lowest BCUT2D eigenvalue weighted by Gasteiger charge is -2.08. The number of methoxy groups -OCH3 is 2. The highest BCUT2D eigenvalue weighted by Gasteiger charge is 2.37. The van der Waals surface area contributed by atoms with Gasteiger partial charge in [-0.15, -0.1) is 0 Å². The number of carbonyl (C=O) groups excluding carboxylic acids is 1. The van der Waals surface area contributed by atoms with Crippen molar-refractivity contribution in [1.82, 2.24) is 9.55 Å². The topological polar surface area (TPSA) is 53.4 Å². The Morgan fingerprint density at radius 3 is 2.46 bits per heavy atom. The number of thiazole rings is 1. The summed E-state index contributed by atoms with van der Waals surface area (Å²) in [5.41, 5.74) is 0.763. The summed E-state index contributed by atoms with van der Waals surface area (Å²) < 4.78 is 50.9. The summed E-state index contributed by atoms with van der Waals surface area (Å²) in [5.74, 6) is -0.0905. The second-order valence-corrected chi connectivity index (χ2v) is 6.99. The van der Waals surface area contributed by atoms with Crippen LogP contribution in [0.15, 0.2) is 28.9 Å². The normalized spacial score (nSPS) is 11.8. The monoisotopic (exact) mass is 448 g/mol. The van der Waals surface area contributed by atoms with Gasteiger partial charge >= 0.3 is 12.1 Å². The third kappa shape index (κ3) is 3.30. The van der Waals surface area contributed by atoms with Crippen LogP contribution in [0.4, 0.5) is 13.2 Å². The van der Waals surface area contributed by atoms with Gasteiger partial charge in [-0.05, 0) is 33.6 Å². The molecule has 3 aromatic rings. The number of halogens is 4. The van der Waals surface area contributed by atoms with Crippen LogP contribution < -0.4 is 4.74 Å². The van der Waals surface area contributed by atoms with Gasteiger partial charge in [-0.3, -0.25) is 0 Å². The number of alkyl halides is 3. The molecule has 0 spiro atoms. The van der Waals surface area contributed by atoms with Gasteiger partial charge in [0, 0.05) is 6.54 Å². The van der Waals surface area contributed by atoms with Gasteiger partial charge in [0.1, 0.15) is 26.3 Å². The highest BCUT2D eigenvalue weighted by atomic mass is 79.9. The summed E-state index contributed by atoms with van der Waals surface area (Å²) in [6.07, 6.45) is -4.59. The number of carbonyl (C=O) groups is 1. The molecule has 0 saturated carbocycles. The fraction of sp³-hybridized carbons (Fsp3) is 0.250. The van der Waals surface area contributed by atoms with Crippen LogP contribution in [-0.4, -0.2) is 29.7 Å². The van der Waals surface area contributed by atoms with Gasteiger partial charge in [0.15, 0.2) is 0 Å². The van der Waals surface area contributed by atoms with E-state index in [1.165, 1.54) is 7.11 Å². The zero-order chi connectivity index (χ0) is 19.1. The first kappa shape index (κ1) is 18.7. The molecule has 0 radical (unpaired) electrons. The van der Waals surface area contributed by atoms with E-state index in [0.717, 1.165) is 5.56 Å². The molecule has 0 N–H and O–H groups in total. The number of hydrogen-bond donors (Lipinski definition) is 0. The molecule has 0 atom stereocenters. The van der Waals surface area contributed by atoms with Crippen molar-refractivity contribution in [3.8, 4) is 5.75 Å². The highest BCUT2D eigenvalue weighted by Crippen LogP contribution is 2.40. The maximum atomic E-state index is 13.1. The van der Waals surface area contributed by atoms with Gasteiger partial charge in [0.25, 0.3) is 0 Å². The van der Waals surface area contributed by atoms with Gasteiger partial charge in [-0.25, -0.2) is 9.78 Å². The van der Waals surface area contributed by atoms with Crippen molar-refractivity contribution < 1.29 is 27.4 Å². The maximum Gasteiger partial charge on any atom is 0.443 e. The minimum Gasteiger partial charge on any atom is -0.497 e. The molecule has 0 bridgehead atoms. The molecular weight excluding hydrogens is 437 g/mol. The first-order chi connectivity index (χ1) is 12.3. The Kier molecular flexibility index (Phi) is 4.98. The zero-order valence-corrected chi connectivity index (χ0v) is 16.0. The van der Waals surface area contributed by atoms with Crippen LogP contribution in [0.25, 0.3) is 10.3 Å². The standard InChI is InChI=1S/C16H12BrF3N2O3S/c1-24-9-5-3-8(4-6-9)7-22-12(17)10(14(23)25-2)11-13(22)26-15(21-11)16(18,19)20/h3-6H,7H2,1-2H3. The second-order valence-electron chi connectivity index (χ2n) is 5.26. The molecule has 10 heteroatoms. The summed E-state index contributed by atoms with van der Waals surface area (Å²) in [4.78, 5) is 15.9. The van der Waals surface area contributed by atoms with E-state index >= 15 is 0 Å².